The number of fused-ring (bicyclic) bond motifs is 2. The highest BCUT2D eigenvalue weighted by Crippen LogP contribution is 2.47. The number of amides is 1. The molecule has 7 rings (SSSR count). The summed E-state index contributed by atoms with van der Waals surface area (Å²) in [5, 5.41) is 14.7. The highest BCUT2D eigenvalue weighted by molar-refractivity contribution is 6.03. The van der Waals surface area contributed by atoms with Crippen LogP contribution in [-0.4, -0.2) is 94.2 Å². The first kappa shape index (κ1) is 34.6. The fourth-order valence-corrected chi connectivity index (χ4v) is 6.87. The van der Waals surface area contributed by atoms with Gasteiger partial charge in [-0.15, -0.1) is 6.42 Å². The number of rotatable bonds is 7. The van der Waals surface area contributed by atoms with Crippen LogP contribution < -0.4 is 9.75 Å². The predicted molar refractivity (Wildman–Crippen MR) is 188 cm³/mol. The molecule has 3 aliphatic rings. The van der Waals surface area contributed by atoms with Gasteiger partial charge in [-0.2, -0.15) is 9.97 Å². The minimum Gasteiger partial charge on any atom is -0.508 e. The molecular weight excluding hydrogens is 658 g/mol. The van der Waals surface area contributed by atoms with Crippen molar-refractivity contribution in [1.82, 2.24) is 24.9 Å². The lowest BCUT2D eigenvalue weighted by atomic mass is 9.96. The molecule has 0 radical (unpaired) electrons. The SMILES string of the molecule is C#Cc1c(F)ccc2cc(O)cc(-c3ncc4c(N5CCCCCN5C(=O)OC(C)(C)C)nc(OCC5(CN6CCOCC6)CC5)nc4c3F)c12. The minimum absolute atomic E-state index is 0.0497. The Hall–Kier alpha value is -4.80. The number of nitrogens with zero attached hydrogens (tertiary/aromatic N) is 6. The molecule has 2 aromatic heterocycles. The van der Waals surface area contributed by atoms with Crippen molar-refractivity contribution in [2.75, 3.05) is 57.6 Å². The number of hydrogen-bond donors (Lipinski definition) is 1. The summed E-state index contributed by atoms with van der Waals surface area (Å²) in [7, 11) is 0. The number of phenols is 1. The molecule has 0 atom stereocenters. The van der Waals surface area contributed by atoms with Crippen LogP contribution in [0.2, 0.25) is 0 Å². The van der Waals surface area contributed by atoms with Crippen LogP contribution in [0.3, 0.4) is 0 Å². The van der Waals surface area contributed by atoms with Gasteiger partial charge in [-0.05, 0) is 76.5 Å². The van der Waals surface area contributed by atoms with E-state index in [-0.39, 0.29) is 56.1 Å². The van der Waals surface area contributed by atoms with E-state index in [1.165, 1.54) is 35.5 Å². The van der Waals surface area contributed by atoms with Crippen LogP contribution in [0.5, 0.6) is 11.8 Å². The van der Waals surface area contributed by atoms with Crippen LogP contribution in [-0.2, 0) is 9.47 Å². The summed E-state index contributed by atoms with van der Waals surface area (Å²) >= 11 is 0. The molecule has 2 aromatic carbocycles. The molecule has 1 aliphatic carbocycles. The van der Waals surface area contributed by atoms with E-state index in [1.807, 2.05) is 0 Å². The minimum atomic E-state index is -0.840. The Morgan fingerprint density at radius 3 is 2.57 bits per heavy atom. The third kappa shape index (κ3) is 7.21. The summed E-state index contributed by atoms with van der Waals surface area (Å²) in [4.78, 5) is 29.8. The average molecular weight is 701 g/mol. The van der Waals surface area contributed by atoms with Crippen LogP contribution in [0.4, 0.5) is 19.4 Å². The lowest BCUT2D eigenvalue weighted by Gasteiger charge is -2.35. The molecule has 2 aliphatic heterocycles. The van der Waals surface area contributed by atoms with Gasteiger partial charge >= 0.3 is 12.1 Å². The maximum absolute atomic E-state index is 17.1. The van der Waals surface area contributed by atoms with Gasteiger partial charge in [0.2, 0.25) is 0 Å². The Balaban J connectivity index is 1.36. The smallest absolute Gasteiger partial charge is 0.429 e. The van der Waals surface area contributed by atoms with Gasteiger partial charge < -0.3 is 19.3 Å². The van der Waals surface area contributed by atoms with E-state index in [4.69, 9.17) is 25.6 Å². The summed E-state index contributed by atoms with van der Waals surface area (Å²) in [5.74, 6) is 0.944. The van der Waals surface area contributed by atoms with Crippen molar-refractivity contribution in [3.63, 3.8) is 0 Å². The molecule has 3 fully saturated rings. The van der Waals surface area contributed by atoms with Crippen LogP contribution >= 0.6 is 0 Å². The summed E-state index contributed by atoms with van der Waals surface area (Å²) in [6.45, 7) is 10.4. The Morgan fingerprint density at radius 1 is 1.08 bits per heavy atom. The maximum Gasteiger partial charge on any atom is 0.429 e. The van der Waals surface area contributed by atoms with E-state index in [1.54, 1.807) is 25.8 Å². The zero-order valence-corrected chi connectivity index (χ0v) is 29.2. The van der Waals surface area contributed by atoms with Crippen molar-refractivity contribution in [2.24, 2.45) is 5.41 Å². The van der Waals surface area contributed by atoms with Crippen molar-refractivity contribution < 1.29 is 32.9 Å². The van der Waals surface area contributed by atoms with E-state index >= 15 is 4.39 Å². The summed E-state index contributed by atoms with van der Waals surface area (Å²) in [6, 6.07) is 5.36. The summed E-state index contributed by atoms with van der Waals surface area (Å²) in [5.41, 5.74) is -1.11. The van der Waals surface area contributed by atoms with Gasteiger partial charge in [0.15, 0.2) is 11.6 Å². The normalized spacial score (nSPS) is 18.0. The van der Waals surface area contributed by atoms with E-state index < -0.39 is 23.3 Å². The fraction of sp³-hybridized carbons (Fsp3) is 0.474. The number of carbonyl (C=O) groups excluding carboxylic acids is 1. The van der Waals surface area contributed by atoms with E-state index in [9.17, 15) is 14.3 Å². The third-order valence-electron chi connectivity index (χ3n) is 9.60. The molecule has 2 saturated heterocycles. The Morgan fingerprint density at radius 2 is 1.84 bits per heavy atom. The molecule has 11 nitrogen and oxygen atoms in total. The van der Waals surface area contributed by atoms with Crippen molar-refractivity contribution in [2.45, 2.75) is 58.5 Å². The van der Waals surface area contributed by atoms with E-state index in [2.05, 4.69) is 20.8 Å². The average Bonchev–Trinajstić information content (AvgIpc) is 3.90. The monoisotopic (exact) mass is 700 g/mol. The first-order valence-corrected chi connectivity index (χ1v) is 17.4. The number of terminal acetylenes is 1. The Kier molecular flexibility index (Phi) is 9.32. The number of benzene rings is 2. The zero-order valence-electron chi connectivity index (χ0n) is 29.2. The van der Waals surface area contributed by atoms with Gasteiger partial charge in [0.1, 0.15) is 28.4 Å². The maximum atomic E-state index is 17.1. The van der Waals surface area contributed by atoms with Crippen LogP contribution in [0.1, 0.15) is 58.4 Å². The zero-order chi connectivity index (χ0) is 35.9. The number of aromatic hydroxyl groups is 1. The van der Waals surface area contributed by atoms with Crippen molar-refractivity contribution in [3.05, 3.63) is 47.7 Å². The molecular formula is C38H42F2N6O5. The van der Waals surface area contributed by atoms with Gasteiger partial charge in [-0.25, -0.2) is 18.6 Å². The van der Waals surface area contributed by atoms with Crippen molar-refractivity contribution in [1.29, 1.82) is 0 Å². The molecule has 4 heterocycles. The number of pyridine rings is 1. The molecule has 1 saturated carbocycles. The van der Waals surface area contributed by atoms with Crippen molar-refractivity contribution in [3.8, 4) is 35.4 Å². The number of hydrazine groups is 1. The number of anilines is 1. The number of carbonyl (C=O) groups is 1. The number of phenolic OH excluding ortho intramolecular Hbond substituents is 1. The second-order valence-electron chi connectivity index (χ2n) is 14.6. The second-order valence-corrected chi connectivity index (χ2v) is 14.6. The van der Waals surface area contributed by atoms with Gasteiger partial charge in [-0.1, -0.05) is 12.0 Å². The van der Waals surface area contributed by atoms with Gasteiger partial charge in [-0.3, -0.25) is 14.9 Å². The molecule has 51 heavy (non-hydrogen) atoms. The Bertz CT molecular complexity index is 2020. The standard InChI is InChI=1S/C38H42F2N6O5/c1-5-26-29(39)10-9-24-19-25(47)20-27(30(24)26)32-31(40)33-28(21-41-32)34(45-13-7-6-8-14-46(45)36(48)51-37(2,3)4)43-35(42-33)50-23-38(11-12-38)22-44-15-17-49-18-16-44/h1,9-10,19-21,47H,6-8,11-18,22-23H2,2-4H3. The molecule has 0 spiro atoms. The summed E-state index contributed by atoms with van der Waals surface area (Å²) in [6.07, 6.45) is 10.9. The number of ether oxygens (including phenoxy) is 3. The third-order valence-corrected chi connectivity index (χ3v) is 9.60. The molecule has 1 N–H and O–H groups in total. The molecule has 1 amide bonds. The largest absolute Gasteiger partial charge is 0.508 e. The lowest BCUT2D eigenvalue weighted by Crippen LogP contribution is -2.49. The molecule has 0 unspecified atom stereocenters. The second kappa shape index (κ2) is 13.7. The predicted octanol–water partition coefficient (Wildman–Crippen LogP) is 6.44. The van der Waals surface area contributed by atoms with Gasteiger partial charge in [0.25, 0.3) is 0 Å². The van der Waals surface area contributed by atoms with Gasteiger partial charge in [0, 0.05) is 55.3 Å². The van der Waals surface area contributed by atoms with E-state index in [0.717, 1.165) is 51.7 Å². The number of morpholine rings is 1. The fourth-order valence-electron chi connectivity index (χ4n) is 6.87. The van der Waals surface area contributed by atoms with Crippen LogP contribution in [0.15, 0.2) is 30.5 Å². The molecule has 268 valence electrons. The number of aromatic nitrogens is 3. The van der Waals surface area contributed by atoms with Crippen LogP contribution in [0, 0.1) is 29.4 Å². The van der Waals surface area contributed by atoms with Crippen LogP contribution in [0.25, 0.3) is 32.9 Å². The first-order valence-electron chi connectivity index (χ1n) is 17.4. The quantitative estimate of drug-likeness (QED) is 0.216. The summed E-state index contributed by atoms with van der Waals surface area (Å²) < 4.78 is 49.6. The number of halogens is 2. The highest BCUT2D eigenvalue weighted by atomic mass is 19.1. The van der Waals surface area contributed by atoms with Gasteiger partial charge in [0.05, 0.1) is 30.8 Å². The van der Waals surface area contributed by atoms with Crippen molar-refractivity contribution >= 4 is 33.6 Å². The lowest BCUT2D eigenvalue weighted by molar-refractivity contribution is 0.0229. The molecule has 4 aromatic rings. The molecule has 13 heteroatoms. The topological polar surface area (TPSA) is 113 Å². The van der Waals surface area contributed by atoms with E-state index in [0.29, 0.717) is 38.3 Å². The first-order chi connectivity index (χ1) is 24.4. The highest BCUT2D eigenvalue weighted by Gasteiger charge is 2.45. The number of hydrogen-bond acceptors (Lipinski definition) is 10. The molecule has 0 bridgehead atoms. The Labute approximate surface area is 295 Å².